The summed E-state index contributed by atoms with van der Waals surface area (Å²) in [5, 5.41) is 3.85. The fourth-order valence-corrected chi connectivity index (χ4v) is 8.83. The molecule has 45 heavy (non-hydrogen) atoms. The van der Waals surface area contributed by atoms with Gasteiger partial charge in [0.2, 0.25) is 0 Å². The van der Waals surface area contributed by atoms with E-state index in [1.807, 2.05) is 0 Å². The maximum absolute atomic E-state index is 7.84. The van der Waals surface area contributed by atoms with Crippen LogP contribution in [-0.4, -0.2) is 19.6 Å². The third-order valence-electron chi connectivity index (χ3n) is 9.84. The summed E-state index contributed by atoms with van der Waals surface area (Å²) in [7, 11) is -1.52. The molecule has 2 aliphatic heterocycles. The molecule has 0 amide bonds. The van der Waals surface area contributed by atoms with Crippen molar-refractivity contribution in [3.8, 4) is 5.75 Å². The van der Waals surface area contributed by atoms with Crippen molar-refractivity contribution in [1.29, 1.82) is 0 Å². The fraction of sp³-hybridized carbons (Fsp3) is 0.150. The molecular weight excluding hydrogens is 565 g/mol. The minimum Gasteiger partial charge on any atom is -0.676 e. The van der Waals surface area contributed by atoms with Crippen molar-refractivity contribution in [1.82, 2.24) is 4.81 Å². The van der Waals surface area contributed by atoms with Gasteiger partial charge >= 0.3 is 6.69 Å². The Hall–Kier alpha value is -4.42. The summed E-state index contributed by atoms with van der Waals surface area (Å²) < 4.78 is 15.2. The first-order chi connectivity index (χ1) is 21.9. The SMILES string of the molecule is C[Si](C)(C)c1ccc([B-]23Oc4ccc5ccccc5c4CN2[C@H](c2ccccc2)C(c2ccccc2)(c2ccccc2)O3)cc1. The van der Waals surface area contributed by atoms with Crippen molar-refractivity contribution in [3.63, 3.8) is 0 Å². The Bertz CT molecular complexity index is 1940. The number of rotatable bonds is 5. The standard InChI is InChI=1S/C40H37BNO2Si/c1-45(2,3)35-26-24-34(25-27-35)41-42(29-37-36-22-14-13-15-30(36)23-28-38(37)43-41)39(31-16-7-4-8-17-31)40(44-41,32-18-9-5-10-19-32)33-20-11-6-12-21-33/h4-28,39H,29H2,1-3H3/q-1/t39-,41?/m1/s1. The molecule has 0 aliphatic carbocycles. The number of hydrogen-bond acceptors (Lipinski definition) is 3. The summed E-state index contributed by atoms with van der Waals surface area (Å²) in [6.07, 6.45) is 0. The van der Waals surface area contributed by atoms with Crippen LogP contribution in [0.15, 0.2) is 152 Å². The van der Waals surface area contributed by atoms with E-state index in [0.29, 0.717) is 6.54 Å². The number of benzene rings is 6. The third-order valence-corrected chi connectivity index (χ3v) is 11.9. The molecule has 2 atom stereocenters. The second-order valence-electron chi connectivity index (χ2n) is 13.5. The number of hydrogen-bond donors (Lipinski definition) is 0. The minimum atomic E-state index is -2.15. The second kappa shape index (κ2) is 10.6. The molecule has 1 fully saturated rings. The summed E-state index contributed by atoms with van der Waals surface area (Å²) >= 11 is 0. The van der Waals surface area contributed by atoms with Gasteiger partial charge in [-0.15, -0.1) is 5.46 Å². The van der Waals surface area contributed by atoms with Crippen LogP contribution in [-0.2, 0) is 16.8 Å². The molecular formula is C40H37BNO2Si-. The molecule has 0 spiro atoms. The van der Waals surface area contributed by atoms with E-state index in [2.05, 4.69) is 176 Å². The van der Waals surface area contributed by atoms with Crippen molar-refractivity contribution in [2.45, 2.75) is 37.8 Å². The Kier molecular flexibility index (Phi) is 6.61. The highest BCUT2D eigenvalue weighted by Crippen LogP contribution is 2.58. The lowest BCUT2D eigenvalue weighted by atomic mass is 9.60. The first-order valence-corrected chi connectivity index (χ1v) is 19.5. The molecule has 2 aliphatic rings. The molecule has 3 nitrogen and oxygen atoms in total. The van der Waals surface area contributed by atoms with Crippen molar-refractivity contribution in [2.75, 3.05) is 0 Å². The van der Waals surface area contributed by atoms with Crippen LogP contribution in [0.5, 0.6) is 5.75 Å². The van der Waals surface area contributed by atoms with Gasteiger partial charge in [0.25, 0.3) is 0 Å². The summed E-state index contributed by atoms with van der Waals surface area (Å²) in [5.41, 5.74) is 4.82. The van der Waals surface area contributed by atoms with E-state index in [1.165, 1.54) is 27.1 Å². The molecule has 6 aromatic rings. The summed E-state index contributed by atoms with van der Waals surface area (Å²) in [6.45, 7) is 5.71. The van der Waals surface area contributed by atoms with Crippen LogP contribution in [0, 0.1) is 0 Å². The van der Waals surface area contributed by atoms with Crippen LogP contribution in [0.25, 0.3) is 10.8 Å². The van der Waals surface area contributed by atoms with Gasteiger partial charge in [-0.1, -0.05) is 170 Å². The molecule has 1 unspecified atom stereocenters. The first kappa shape index (κ1) is 28.1. The van der Waals surface area contributed by atoms with Crippen LogP contribution in [0.3, 0.4) is 0 Å². The Morgan fingerprint density at radius 1 is 0.644 bits per heavy atom. The Balaban J connectivity index is 1.45. The second-order valence-corrected chi connectivity index (χ2v) is 18.6. The number of fused-ring (bicyclic) bond motifs is 4. The van der Waals surface area contributed by atoms with E-state index in [4.69, 9.17) is 9.31 Å². The lowest BCUT2D eigenvalue weighted by Gasteiger charge is -2.51. The van der Waals surface area contributed by atoms with Crippen LogP contribution < -0.4 is 15.3 Å². The van der Waals surface area contributed by atoms with Gasteiger partial charge in [0.1, 0.15) is 0 Å². The van der Waals surface area contributed by atoms with Gasteiger partial charge < -0.3 is 14.1 Å². The Morgan fingerprint density at radius 3 is 1.84 bits per heavy atom. The normalized spacial score (nSPS) is 20.7. The van der Waals surface area contributed by atoms with Crippen LogP contribution in [0.2, 0.25) is 19.6 Å². The van der Waals surface area contributed by atoms with Gasteiger partial charge in [-0.25, -0.2) is 0 Å². The first-order valence-electron chi connectivity index (χ1n) is 16.0. The smallest absolute Gasteiger partial charge is 0.404 e. The molecule has 0 bridgehead atoms. The molecule has 6 aromatic carbocycles. The summed E-state index contributed by atoms with van der Waals surface area (Å²) in [5.74, 6) is 0.892. The molecule has 0 radical (unpaired) electrons. The average molecular weight is 603 g/mol. The van der Waals surface area contributed by atoms with E-state index in [0.717, 1.165) is 22.3 Å². The molecule has 222 valence electrons. The van der Waals surface area contributed by atoms with Gasteiger partial charge in [0.15, 0.2) is 0 Å². The van der Waals surface area contributed by atoms with Crippen LogP contribution in [0.1, 0.15) is 28.3 Å². The molecule has 2 heterocycles. The molecule has 0 saturated carbocycles. The maximum atomic E-state index is 7.84. The van der Waals surface area contributed by atoms with E-state index >= 15 is 0 Å². The van der Waals surface area contributed by atoms with Crippen molar-refractivity contribution >= 4 is 36.2 Å². The van der Waals surface area contributed by atoms with E-state index in [1.54, 1.807) is 0 Å². The topological polar surface area (TPSA) is 21.7 Å². The monoisotopic (exact) mass is 602 g/mol. The van der Waals surface area contributed by atoms with Gasteiger partial charge in [-0.05, 0) is 40.1 Å². The molecule has 8 rings (SSSR count). The van der Waals surface area contributed by atoms with E-state index in [-0.39, 0.29) is 6.04 Å². The summed E-state index contributed by atoms with van der Waals surface area (Å²) in [6, 6.07) is 54.3. The lowest BCUT2D eigenvalue weighted by molar-refractivity contribution is 0.0870. The zero-order valence-electron chi connectivity index (χ0n) is 26.1. The van der Waals surface area contributed by atoms with Gasteiger partial charge in [-0.3, -0.25) is 0 Å². The molecule has 0 aromatic heterocycles. The van der Waals surface area contributed by atoms with Gasteiger partial charge in [0.05, 0.1) is 19.4 Å². The maximum Gasteiger partial charge on any atom is 0.404 e. The Morgan fingerprint density at radius 2 is 1.22 bits per heavy atom. The van der Waals surface area contributed by atoms with E-state index in [9.17, 15) is 0 Å². The largest absolute Gasteiger partial charge is 0.676 e. The van der Waals surface area contributed by atoms with Crippen LogP contribution >= 0.6 is 0 Å². The highest BCUT2D eigenvalue weighted by Gasteiger charge is 2.62. The molecule has 5 heteroatoms. The van der Waals surface area contributed by atoms with Gasteiger partial charge in [-0.2, -0.15) is 0 Å². The molecule has 0 N–H and O–H groups in total. The zero-order valence-corrected chi connectivity index (χ0v) is 27.1. The lowest BCUT2D eigenvalue weighted by Crippen LogP contribution is -2.67. The van der Waals surface area contributed by atoms with Crippen molar-refractivity contribution in [3.05, 3.63) is 174 Å². The fourth-order valence-electron chi connectivity index (χ4n) is 7.67. The number of nitrogens with zero attached hydrogens (tertiary/aromatic N) is 1. The minimum absolute atomic E-state index is 0.174. The zero-order chi connectivity index (χ0) is 30.6. The third kappa shape index (κ3) is 4.41. The summed E-state index contributed by atoms with van der Waals surface area (Å²) in [4.78, 5) is 2.54. The van der Waals surface area contributed by atoms with Crippen LogP contribution in [0.4, 0.5) is 0 Å². The predicted molar refractivity (Wildman–Crippen MR) is 189 cm³/mol. The average Bonchev–Trinajstić information content (AvgIpc) is 3.40. The quantitative estimate of drug-likeness (QED) is 0.186. The highest BCUT2D eigenvalue weighted by molar-refractivity contribution is 6.89. The highest BCUT2D eigenvalue weighted by atomic mass is 28.3. The molecule has 1 saturated heterocycles. The van der Waals surface area contributed by atoms with Crippen molar-refractivity contribution < 1.29 is 9.31 Å². The van der Waals surface area contributed by atoms with E-state index < -0.39 is 20.4 Å². The Labute approximate surface area is 267 Å². The predicted octanol–water partition coefficient (Wildman–Crippen LogP) is 8.14. The van der Waals surface area contributed by atoms with Crippen molar-refractivity contribution in [2.24, 2.45) is 0 Å². The van der Waals surface area contributed by atoms with Gasteiger partial charge in [0, 0.05) is 11.6 Å².